The first-order valence-electron chi connectivity index (χ1n) is 9.13. The first-order valence-corrected chi connectivity index (χ1v) is 11.0. The fraction of sp³-hybridized carbons (Fsp3) is 0.421. The van der Waals surface area contributed by atoms with E-state index in [9.17, 15) is 18.5 Å². The Bertz CT molecular complexity index is 1110. The number of nitriles is 1. The summed E-state index contributed by atoms with van der Waals surface area (Å²) in [5, 5.41) is 9.17. The second kappa shape index (κ2) is 7.04. The van der Waals surface area contributed by atoms with Crippen molar-refractivity contribution in [3.63, 3.8) is 0 Å². The van der Waals surface area contributed by atoms with Crippen LogP contribution in [0.4, 0.5) is 5.82 Å². The molecule has 0 spiro atoms. The van der Waals surface area contributed by atoms with Crippen molar-refractivity contribution >= 4 is 15.8 Å². The molecule has 0 amide bonds. The molecule has 0 aromatic carbocycles. The third kappa shape index (κ3) is 3.53. The number of nitrogens with zero attached hydrogens (tertiary/aromatic N) is 4. The van der Waals surface area contributed by atoms with Crippen LogP contribution in [0.1, 0.15) is 29.6 Å². The fourth-order valence-corrected chi connectivity index (χ4v) is 4.86. The van der Waals surface area contributed by atoms with E-state index in [-0.39, 0.29) is 30.0 Å². The van der Waals surface area contributed by atoms with Crippen molar-refractivity contribution in [2.24, 2.45) is 5.92 Å². The molecule has 28 heavy (non-hydrogen) atoms. The van der Waals surface area contributed by atoms with Crippen LogP contribution < -0.4 is 15.2 Å². The number of nitrogens with one attached hydrogen (secondary N) is 1. The van der Waals surface area contributed by atoms with Crippen LogP contribution in [-0.4, -0.2) is 43.9 Å². The third-order valence-corrected chi connectivity index (χ3v) is 6.24. The maximum absolute atomic E-state index is 12.6. The summed E-state index contributed by atoms with van der Waals surface area (Å²) in [7, 11) is -3.37. The van der Waals surface area contributed by atoms with Crippen LogP contribution in [0.2, 0.25) is 0 Å². The molecule has 2 aliphatic rings. The molecule has 0 unspecified atom stereocenters. The molecule has 146 valence electrons. The van der Waals surface area contributed by atoms with E-state index in [4.69, 9.17) is 0 Å². The summed E-state index contributed by atoms with van der Waals surface area (Å²) in [6.45, 7) is 1.52. The zero-order valence-electron chi connectivity index (χ0n) is 15.4. The lowest BCUT2D eigenvalue weighted by atomic mass is 9.78. The van der Waals surface area contributed by atoms with Crippen molar-refractivity contribution < 1.29 is 8.42 Å². The molecule has 2 aromatic heterocycles. The normalized spacial score (nSPS) is 23.7. The Labute approximate surface area is 163 Å². The first-order chi connectivity index (χ1) is 13.4. The second-order valence-corrected chi connectivity index (χ2v) is 9.29. The van der Waals surface area contributed by atoms with Gasteiger partial charge in [0.1, 0.15) is 5.82 Å². The van der Waals surface area contributed by atoms with Crippen molar-refractivity contribution in [3.05, 3.63) is 58.1 Å². The topological polar surface area (TPSA) is 108 Å². The highest BCUT2D eigenvalue weighted by Crippen LogP contribution is 2.41. The fourth-order valence-electron chi connectivity index (χ4n) is 4.39. The summed E-state index contributed by atoms with van der Waals surface area (Å²) in [5.41, 5.74) is 1.36. The molecule has 1 saturated heterocycles. The molecule has 4 heterocycles. The van der Waals surface area contributed by atoms with Gasteiger partial charge in [-0.1, -0.05) is 6.07 Å². The van der Waals surface area contributed by atoms with Gasteiger partial charge in [-0.2, -0.15) is 5.26 Å². The van der Waals surface area contributed by atoms with E-state index in [2.05, 4.69) is 20.7 Å². The van der Waals surface area contributed by atoms with Crippen LogP contribution >= 0.6 is 0 Å². The summed E-state index contributed by atoms with van der Waals surface area (Å²) in [4.78, 5) is 19.1. The zero-order valence-corrected chi connectivity index (χ0v) is 16.3. The molecule has 0 saturated carbocycles. The highest BCUT2D eigenvalue weighted by molar-refractivity contribution is 7.88. The van der Waals surface area contributed by atoms with Crippen molar-refractivity contribution in [2.45, 2.75) is 18.4 Å². The van der Waals surface area contributed by atoms with E-state index < -0.39 is 10.0 Å². The Hall–Kier alpha value is -2.70. The van der Waals surface area contributed by atoms with Gasteiger partial charge in [0.05, 0.1) is 23.9 Å². The summed E-state index contributed by atoms with van der Waals surface area (Å²) in [6.07, 6.45) is 3.63. The molecule has 8 nitrogen and oxygen atoms in total. The monoisotopic (exact) mass is 399 g/mol. The van der Waals surface area contributed by atoms with Crippen molar-refractivity contribution in [2.75, 3.05) is 30.8 Å². The first kappa shape index (κ1) is 18.7. The quantitative estimate of drug-likeness (QED) is 0.816. The van der Waals surface area contributed by atoms with Gasteiger partial charge >= 0.3 is 0 Å². The van der Waals surface area contributed by atoms with Gasteiger partial charge in [-0.15, -0.1) is 0 Å². The molecule has 9 heteroatoms. The predicted molar refractivity (Wildman–Crippen MR) is 105 cm³/mol. The maximum atomic E-state index is 12.6. The Morgan fingerprint density at radius 3 is 2.89 bits per heavy atom. The van der Waals surface area contributed by atoms with Crippen LogP contribution in [0.15, 0.2) is 41.3 Å². The number of hydrogen-bond acceptors (Lipinski definition) is 6. The van der Waals surface area contributed by atoms with Gasteiger partial charge in [-0.25, -0.2) is 18.1 Å². The number of fused-ring (bicyclic) bond motifs is 4. The summed E-state index contributed by atoms with van der Waals surface area (Å²) in [5.74, 6) is 0.970. The van der Waals surface area contributed by atoms with Crippen LogP contribution in [0, 0.1) is 17.2 Å². The highest BCUT2D eigenvalue weighted by atomic mass is 32.2. The Kier molecular flexibility index (Phi) is 4.69. The Morgan fingerprint density at radius 1 is 1.32 bits per heavy atom. The van der Waals surface area contributed by atoms with Crippen molar-refractivity contribution in [1.29, 1.82) is 5.26 Å². The number of piperidine rings is 1. The molecule has 0 radical (unpaired) electrons. The van der Waals surface area contributed by atoms with Gasteiger partial charge in [-0.3, -0.25) is 4.79 Å². The minimum absolute atomic E-state index is 0.0909. The molecule has 2 aromatic rings. The molecular weight excluding hydrogens is 378 g/mol. The average Bonchev–Trinajstić information content (AvgIpc) is 2.67. The minimum Gasteiger partial charge on any atom is -0.356 e. The van der Waals surface area contributed by atoms with Crippen LogP contribution in [0.25, 0.3) is 0 Å². The van der Waals surface area contributed by atoms with Crippen molar-refractivity contribution in [1.82, 2.24) is 14.3 Å². The van der Waals surface area contributed by atoms with Crippen LogP contribution in [-0.2, 0) is 10.0 Å². The average molecular weight is 399 g/mol. The maximum Gasteiger partial charge on any atom is 0.251 e. The molecule has 1 fully saturated rings. The highest BCUT2D eigenvalue weighted by Gasteiger charge is 2.41. The lowest BCUT2D eigenvalue weighted by Crippen LogP contribution is -2.52. The Balaban J connectivity index is 1.72. The van der Waals surface area contributed by atoms with Gasteiger partial charge < -0.3 is 9.47 Å². The molecular formula is C19H21N5O3S. The van der Waals surface area contributed by atoms with Gasteiger partial charge in [0.15, 0.2) is 0 Å². The van der Waals surface area contributed by atoms with Crippen LogP contribution in [0.5, 0.6) is 0 Å². The molecule has 2 aliphatic heterocycles. The number of aromatic nitrogens is 2. The lowest BCUT2D eigenvalue weighted by Gasteiger charge is -2.47. The molecule has 2 bridgehead atoms. The summed E-state index contributed by atoms with van der Waals surface area (Å²) < 4.78 is 27.6. The number of sulfonamides is 1. The van der Waals surface area contributed by atoms with E-state index in [1.807, 2.05) is 6.07 Å². The van der Waals surface area contributed by atoms with Gasteiger partial charge in [0, 0.05) is 43.5 Å². The predicted octanol–water partition coefficient (Wildman–Crippen LogP) is 0.829. The second-order valence-electron chi connectivity index (χ2n) is 7.46. The Morgan fingerprint density at radius 2 is 2.14 bits per heavy atom. The number of pyridine rings is 2. The number of rotatable bonds is 4. The van der Waals surface area contributed by atoms with E-state index in [0.29, 0.717) is 18.7 Å². The largest absolute Gasteiger partial charge is 0.356 e. The lowest BCUT2D eigenvalue weighted by molar-refractivity contribution is 0.213. The van der Waals surface area contributed by atoms with E-state index in [1.54, 1.807) is 29.0 Å². The summed E-state index contributed by atoms with van der Waals surface area (Å²) in [6, 6.07) is 10.5. The standard InChI is InChI=1S/C19H21N5O3S/c1-28(26,27)22-10-17-15-8-14(16-3-2-4-19(25)24(16)17)11-23(12-15)18-7-13(9-20)5-6-21-18/h2-7,14-15,17,22H,8,10-12H2,1H3/t14-,15+,17+/m1/s1. The molecule has 1 N–H and O–H groups in total. The minimum atomic E-state index is -3.37. The van der Waals surface area contributed by atoms with Gasteiger partial charge in [-0.05, 0) is 30.5 Å². The zero-order chi connectivity index (χ0) is 19.9. The van der Waals surface area contributed by atoms with Gasteiger partial charge in [0.2, 0.25) is 10.0 Å². The molecule has 0 aliphatic carbocycles. The van der Waals surface area contributed by atoms with E-state index in [1.165, 1.54) is 6.07 Å². The smallest absolute Gasteiger partial charge is 0.251 e. The third-order valence-electron chi connectivity index (χ3n) is 5.55. The van der Waals surface area contributed by atoms with Crippen LogP contribution in [0.3, 0.4) is 0 Å². The van der Waals surface area contributed by atoms with E-state index in [0.717, 1.165) is 24.2 Å². The number of hydrogen-bond donors (Lipinski definition) is 1. The molecule has 4 rings (SSSR count). The van der Waals surface area contributed by atoms with E-state index >= 15 is 0 Å². The SMILES string of the molecule is CS(=O)(=O)NC[C@H]1[C@H]2C[C@H](CN(c3cc(C#N)ccn3)C2)c2cccc(=O)n21. The summed E-state index contributed by atoms with van der Waals surface area (Å²) >= 11 is 0. The van der Waals surface area contributed by atoms with Gasteiger partial charge in [0.25, 0.3) is 5.56 Å². The van der Waals surface area contributed by atoms with Crippen molar-refractivity contribution in [3.8, 4) is 6.07 Å². The molecule has 3 atom stereocenters. The number of anilines is 1.